The second kappa shape index (κ2) is 3.72. The van der Waals surface area contributed by atoms with Crippen LogP contribution in [0.1, 0.15) is 45.6 Å². The zero-order valence-corrected chi connectivity index (χ0v) is 12.0. The van der Waals surface area contributed by atoms with E-state index >= 15 is 0 Å². The van der Waals surface area contributed by atoms with Gasteiger partial charge in [0.25, 0.3) is 0 Å². The van der Waals surface area contributed by atoms with Crippen LogP contribution in [0.25, 0.3) is 0 Å². The molecule has 0 saturated heterocycles. The van der Waals surface area contributed by atoms with E-state index in [1.807, 2.05) is 12.4 Å². The molecule has 2 aliphatic rings. The number of aromatic nitrogens is 1. The number of pyridine rings is 1. The van der Waals surface area contributed by atoms with Crippen LogP contribution in [-0.4, -0.2) is 11.0 Å². The fourth-order valence-corrected chi connectivity index (χ4v) is 4.46. The Hall–Kier alpha value is -1.05. The molecule has 1 aromatic heterocycles. The van der Waals surface area contributed by atoms with E-state index in [9.17, 15) is 0 Å². The molecule has 0 aliphatic heterocycles. The molecule has 2 aliphatic carbocycles. The number of nitrogens with zero attached hydrogens (tertiary/aromatic N) is 1. The molecule has 1 aromatic rings. The van der Waals surface area contributed by atoms with Gasteiger partial charge in [-0.2, -0.15) is 0 Å². The van der Waals surface area contributed by atoms with E-state index in [-0.39, 0.29) is 0 Å². The van der Waals surface area contributed by atoms with Crippen LogP contribution in [0.15, 0.2) is 18.5 Å². The quantitative estimate of drug-likeness (QED) is 0.850. The van der Waals surface area contributed by atoms with Crippen molar-refractivity contribution in [2.75, 3.05) is 5.32 Å². The maximum Gasteiger partial charge on any atom is 0.0531 e. The van der Waals surface area contributed by atoms with Crippen molar-refractivity contribution in [3.63, 3.8) is 0 Å². The molecule has 2 nitrogen and oxygen atoms in total. The molecule has 0 amide bonds. The summed E-state index contributed by atoms with van der Waals surface area (Å²) in [6.07, 6.45) is 8.04. The molecule has 0 radical (unpaired) electrons. The molecule has 2 fully saturated rings. The van der Waals surface area contributed by atoms with Crippen molar-refractivity contribution >= 4 is 5.69 Å². The Balaban J connectivity index is 1.88. The highest BCUT2D eigenvalue weighted by Crippen LogP contribution is 2.63. The highest BCUT2D eigenvalue weighted by molar-refractivity contribution is 5.45. The van der Waals surface area contributed by atoms with Gasteiger partial charge in [0.2, 0.25) is 0 Å². The number of anilines is 1. The van der Waals surface area contributed by atoms with Crippen molar-refractivity contribution in [2.45, 2.75) is 53.0 Å². The first kappa shape index (κ1) is 12.0. The Morgan fingerprint density at radius 3 is 2.67 bits per heavy atom. The summed E-state index contributed by atoms with van der Waals surface area (Å²) in [7, 11) is 0. The predicted molar refractivity (Wildman–Crippen MR) is 75.6 cm³/mol. The summed E-state index contributed by atoms with van der Waals surface area (Å²) in [5.41, 5.74) is 3.28. The molecule has 18 heavy (non-hydrogen) atoms. The van der Waals surface area contributed by atoms with Crippen molar-refractivity contribution in [3.8, 4) is 0 Å². The molecular weight excluding hydrogens is 220 g/mol. The van der Waals surface area contributed by atoms with Gasteiger partial charge >= 0.3 is 0 Å². The number of hydrogen-bond acceptors (Lipinski definition) is 2. The van der Waals surface area contributed by atoms with Gasteiger partial charge in [-0.05, 0) is 54.6 Å². The van der Waals surface area contributed by atoms with Gasteiger partial charge in [0, 0.05) is 18.4 Å². The Morgan fingerprint density at radius 1 is 1.28 bits per heavy atom. The van der Waals surface area contributed by atoms with E-state index in [1.54, 1.807) is 0 Å². The lowest BCUT2D eigenvalue weighted by Crippen LogP contribution is -2.45. The first-order chi connectivity index (χ1) is 8.42. The van der Waals surface area contributed by atoms with Crippen LogP contribution in [0, 0.1) is 23.7 Å². The lowest BCUT2D eigenvalue weighted by atomic mass is 9.68. The minimum absolute atomic E-state index is 0.400. The molecule has 2 saturated carbocycles. The van der Waals surface area contributed by atoms with Gasteiger partial charge in [-0.15, -0.1) is 0 Å². The van der Waals surface area contributed by atoms with Crippen molar-refractivity contribution in [1.29, 1.82) is 0 Å². The van der Waals surface area contributed by atoms with Crippen LogP contribution in [0.5, 0.6) is 0 Å². The normalized spacial score (nSPS) is 36.9. The summed E-state index contributed by atoms with van der Waals surface area (Å²) in [5, 5.41) is 3.78. The Bertz CT molecular complexity index is 461. The standard InChI is InChI=1S/C16H24N2/c1-11-7-13(10-17-9-11)18-14-15(2,3)12-5-6-16(14,4)8-12/h7,9-10,12,14,18H,5-6,8H2,1-4H3/t12-,14?,16+/m0/s1. The maximum absolute atomic E-state index is 4.30. The van der Waals surface area contributed by atoms with Gasteiger partial charge in [0.15, 0.2) is 0 Å². The zero-order valence-electron chi connectivity index (χ0n) is 12.0. The summed E-state index contributed by atoms with van der Waals surface area (Å²) < 4.78 is 0. The van der Waals surface area contributed by atoms with E-state index in [0.29, 0.717) is 16.9 Å². The molecule has 0 aromatic carbocycles. The smallest absolute Gasteiger partial charge is 0.0531 e. The molecule has 1 heterocycles. The maximum atomic E-state index is 4.30. The molecule has 2 bridgehead atoms. The van der Waals surface area contributed by atoms with Crippen LogP contribution in [0.2, 0.25) is 0 Å². The number of rotatable bonds is 2. The van der Waals surface area contributed by atoms with E-state index in [0.717, 1.165) is 5.92 Å². The van der Waals surface area contributed by atoms with Gasteiger partial charge in [-0.1, -0.05) is 20.8 Å². The van der Waals surface area contributed by atoms with Crippen molar-refractivity contribution in [3.05, 3.63) is 24.0 Å². The van der Waals surface area contributed by atoms with E-state index < -0.39 is 0 Å². The average Bonchev–Trinajstić information content (AvgIpc) is 2.76. The van der Waals surface area contributed by atoms with E-state index in [4.69, 9.17) is 0 Å². The number of aryl methyl sites for hydroxylation is 1. The minimum Gasteiger partial charge on any atom is -0.380 e. The third kappa shape index (κ3) is 1.65. The molecule has 1 unspecified atom stereocenters. The van der Waals surface area contributed by atoms with Gasteiger partial charge in [0.05, 0.1) is 5.69 Å². The fourth-order valence-electron chi connectivity index (χ4n) is 4.46. The van der Waals surface area contributed by atoms with Gasteiger partial charge < -0.3 is 5.32 Å². The monoisotopic (exact) mass is 244 g/mol. The number of hydrogen-bond donors (Lipinski definition) is 1. The lowest BCUT2D eigenvalue weighted by Gasteiger charge is -2.43. The van der Waals surface area contributed by atoms with Crippen molar-refractivity contribution in [1.82, 2.24) is 4.98 Å². The second-order valence-corrected chi connectivity index (χ2v) is 7.24. The predicted octanol–water partition coefficient (Wildman–Crippen LogP) is 4.02. The second-order valence-electron chi connectivity index (χ2n) is 7.24. The van der Waals surface area contributed by atoms with Crippen molar-refractivity contribution in [2.24, 2.45) is 16.7 Å². The van der Waals surface area contributed by atoms with Crippen LogP contribution in [0.3, 0.4) is 0 Å². The molecular formula is C16H24N2. The third-order valence-electron chi connectivity index (χ3n) is 5.46. The Labute approximate surface area is 110 Å². The molecule has 2 heteroatoms. The van der Waals surface area contributed by atoms with Gasteiger partial charge in [-0.25, -0.2) is 0 Å². The first-order valence-electron chi connectivity index (χ1n) is 7.10. The summed E-state index contributed by atoms with van der Waals surface area (Å²) in [4.78, 5) is 4.30. The van der Waals surface area contributed by atoms with Crippen LogP contribution < -0.4 is 5.32 Å². The van der Waals surface area contributed by atoms with Gasteiger partial charge in [-0.3, -0.25) is 4.98 Å². The minimum atomic E-state index is 0.400. The fraction of sp³-hybridized carbons (Fsp3) is 0.688. The summed E-state index contributed by atoms with van der Waals surface area (Å²) in [6, 6.07) is 2.78. The molecule has 98 valence electrons. The van der Waals surface area contributed by atoms with Crippen LogP contribution in [0.4, 0.5) is 5.69 Å². The van der Waals surface area contributed by atoms with Crippen LogP contribution in [-0.2, 0) is 0 Å². The number of nitrogens with one attached hydrogen (secondary N) is 1. The SMILES string of the molecule is Cc1cncc(NC2C(C)(C)[C@H]3CC[C@]2(C)C3)c1. The highest BCUT2D eigenvalue weighted by Gasteiger charge is 2.59. The summed E-state index contributed by atoms with van der Waals surface area (Å²) in [5.74, 6) is 0.887. The average molecular weight is 244 g/mol. The van der Waals surface area contributed by atoms with E-state index in [2.05, 4.69) is 44.1 Å². The Kier molecular flexibility index (Phi) is 2.48. The highest BCUT2D eigenvalue weighted by atomic mass is 15.0. The third-order valence-corrected chi connectivity index (χ3v) is 5.46. The van der Waals surface area contributed by atoms with Crippen LogP contribution >= 0.6 is 0 Å². The molecule has 1 N–H and O–H groups in total. The molecule has 0 spiro atoms. The lowest BCUT2D eigenvalue weighted by molar-refractivity contribution is 0.155. The summed E-state index contributed by atoms with van der Waals surface area (Å²) >= 11 is 0. The first-order valence-corrected chi connectivity index (χ1v) is 7.10. The number of fused-ring (bicyclic) bond motifs is 2. The molecule has 3 atom stereocenters. The zero-order chi connectivity index (χ0) is 13.0. The summed E-state index contributed by atoms with van der Waals surface area (Å²) in [6.45, 7) is 9.43. The molecule has 3 rings (SSSR count). The van der Waals surface area contributed by atoms with E-state index in [1.165, 1.54) is 30.5 Å². The Morgan fingerprint density at radius 2 is 2.06 bits per heavy atom. The van der Waals surface area contributed by atoms with Gasteiger partial charge in [0.1, 0.15) is 0 Å². The topological polar surface area (TPSA) is 24.9 Å². The van der Waals surface area contributed by atoms with Crippen molar-refractivity contribution < 1.29 is 0 Å². The largest absolute Gasteiger partial charge is 0.380 e.